The molecule has 0 aromatic carbocycles. The van der Waals surface area contributed by atoms with Crippen molar-refractivity contribution in [2.75, 3.05) is 13.2 Å². The highest BCUT2D eigenvalue weighted by Crippen LogP contribution is 2.10. The topological polar surface area (TPSA) is 83.0 Å². The van der Waals surface area contributed by atoms with E-state index >= 15 is 0 Å². The number of halogens is 1. The van der Waals surface area contributed by atoms with Gasteiger partial charge in [0.15, 0.2) is 0 Å². The molecule has 0 bridgehead atoms. The number of hydrogen-bond acceptors (Lipinski definition) is 4. The smallest absolute Gasteiger partial charge is 0.122 e. The molecule has 1 aliphatic rings. The van der Waals surface area contributed by atoms with Gasteiger partial charge >= 0.3 is 0 Å². The second kappa shape index (κ2) is 11.1. The van der Waals surface area contributed by atoms with E-state index in [2.05, 4.69) is 6.92 Å². The lowest BCUT2D eigenvalue weighted by Gasteiger charge is -2.11. The third-order valence-corrected chi connectivity index (χ3v) is 2.58. The Bertz CT molecular complexity index is 409. The van der Waals surface area contributed by atoms with Gasteiger partial charge in [-0.15, -0.1) is 0 Å². The fourth-order valence-electron chi connectivity index (χ4n) is 1.20. The molecule has 0 spiro atoms. The molecule has 4 nitrogen and oxygen atoms in total. The van der Waals surface area contributed by atoms with E-state index in [9.17, 15) is 4.39 Å². The van der Waals surface area contributed by atoms with E-state index in [1.54, 1.807) is 6.08 Å². The monoisotopic (exact) mass is 281 g/mol. The maximum Gasteiger partial charge on any atom is 0.122 e. The number of hydrogen-bond donors (Lipinski definition) is 3. The summed E-state index contributed by atoms with van der Waals surface area (Å²) in [5.41, 5.74) is 5.96. The van der Waals surface area contributed by atoms with Crippen LogP contribution in [-0.4, -0.2) is 24.6 Å². The Labute approximate surface area is 120 Å². The van der Waals surface area contributed by atoms with Crippen molar-refractivity contribution in [3.8, 4) is 0 Å². The van der Waals surface area contributed by atoms with Gasteiger partial charge in [0, 0.05) is 6.08 Å². The lowest BCUT2D eigenvalue weighted by atomic mass is 10.1. The van der Waals surface area contributed by atoms with Crippen LogP contribution in [0, 0.1) is 10.8 Å². The van der Waals surface area contributed by atoms with E-state index in [0.717, 1.165) is 6.54 Å². The van der Waals surface area contributed by atoms with Gasteiger partial charge in [0.1, 0.15) is 12.4 Å². The number of allylic oxidation sites excluding steroid dienone is 3. The molecule has 0 fully saturated rings. The van der Waals surface area contributed by atoms with E-state index in [0.29, 0.717) is 24.1 Å². The Hall–Kier alpha value is -1.75. The summed E-state index contributed by atoms with van der Waals surface area (Å²) in [4.78, 5) is 0. The zero-order valence-electron chi connectivity index (χ0n) is 12.2. The minimum absolute atomic E-state index is 0.106. The molecule has 4 N–H and O–H groups in total. The highest BCUT2D eigenvalue weighted by Gasteiger charge is 2.07. The summed E-state index contributed by atoms with van der Waals surface area (Å²) in [7, 11) is 0. The van der Waals surface area contributed by atoms with Crippen LogP contribution in [0.15, 0.2) is 35.9 Å². The van der Waals surface area contributed by atoms with Crippen molar-refractivity contribution >= 4 is 11.4 Å². The van der Waals surface area contributed by atoms with Gasteiger partial charge < -0.3 is 10.5 Å². The molecule has 0 unspecified atom stereocenters. The molecule has 0 aromatic rings. The maximum atomic E-state index is 12.2. The molecule has 0 heterocycles. The first kappa shape index (κ1) is 18.2. The number of nitrogens with two attached hydrogens (primary N) is 1. The molecule has 0 radical (unpaired) electrons. The molecule has 20 heavy (non-hydrogen) atoms. The van der Waals surface area contributed by atoms with Crippen LogP contribution in [0.25, 0.3) is 0 Å². The van der Waals surface area contributed by atoms with Gasteiger partial charge in [0.2, 0.25) is 0 Å². The second-order valence-electron chi connectivity index (χ2n) is 4.26. The summed E-state index contributed by atoms with van der Waals surface area (Å²) in [5, 5.41) is 14.7. The Balaban J connectivity index is 0.000000621. The third kappa shape index (κ3) is 7.63. The Morgan fingerprint density at radius 2 is 2.00 bits per heavy atom. The van der Waals surface area contributed by atoms with E-state index in [1.165, 1.54) is 25.0 Å². The normalized spacial score (nSPS) is 14.6. The molecule has 1 rings (SSSR count). The van der Waals surface area contributed by atoms with Crippen molar-refractivity contribution in [3.63, 3.8) is 0 Å². The van der Waals surface area contributed by atoms with Crippen LogP contribution in [0.2, 0.25) is 0 Å². The van der Waals surface area contributed by atoms with Crippen LogP contribution in [0.3, 0.4) is 0 Å². The van der Waals surface area contributed by atoms with Gasteiger partial charge in [-0.2, -0.15) is 0 Å². The molecule has 112 valence electrons. The van der Waals surface area contributed by atoms with Crippen molar-refractivity contribution in [2.45, 2.75) is 33.1 Å². The Morgan fingerprint density at radius 3 is 2.40 bits per heavy atom. The van der Waals surface area contributed by atoms with Gasteiger partial charge in [-0.25, -0.2) is 4.39 Å². The van der Waals surface area contributed by atoms with Gasteiger partial charge in [0.05, 0.1) is 17.8 Å². The molecule has 0 saturated heterocycles. The first-order chi connectivity index (χ1) is 9.58. The average molecular weight is 281 g/mol. The summed E-state index contributed by atoms with van der Waals surface area (Å²) in [6.45, 7) is 5.00. The lowest BCUT2D eigenvalue weighted by molar-refractivity contribution is 0.249. The molecule has 0 aliphatic heterocycles. The van der Waals surface area contributed by atoms with Crippen molar-refractivity contribution in [3.05, 3.63) is 35.9 Å². The van der Waals surface area contributed by atoms with Crippen molar-refractivity contribution in [1.29, 1.82) is 10.8 Å². The van der Waals surface area contributed by atoms with Crippen LogP contribution in [0.4, 0.5) is 4.39 Å². The van der Waals surface area contributed by atoms with Gasteiger partial charge in [-0.1, -0.05) is 20.3 Å². The van der Waals surface area contributed by atoms with Crippen LogP contribution in [0.5, 0.6) is 0 Å². The van der Waals surface area contributed by atoms with Crippen LogP contribution in [0.1, 0.15) is 33.1 Å². The quantitative estimate of drug-likeness (QED) is 0.651. The zero-order valence-corrected chi connectivity index (χ0v) is 12.2. The van der Waals surface area contributed by atoms with E-state index < -0.39 is 0 Å². The molecular weight excluding hydrogens is 257 g/mol. The largest absolute Gasteiger partial charge is 0.489 e. The fraction of sp³-hybridized carbons (Fsp3) is 0.467. The summed E-state index contributed by atoms with van der Waals surface area (Å²) in [6.07, 6.45) is 8.07. The summed E-state index contributed by atoms with van der Waals surface area (Å²) >= 11 is 0. The molecule has 0 atom stereocenters. The van der Waals surface area contributed by atoms with Crippen LogP contribution >= 0.6 is 0 Å². The van der Waals surface area contributed by atoms with Crippen molar-refractivity contribution in [1.82, 2.24) is 0 Å². The van der Waals surface area contributed by atoms with Crippen LogP contribution in [-0.2, 0) is 4.74 Å². The zero-order chi connectivity index (χ0) is 15.4. The highest BCUT2D eigenvalue weighted by molar-refractivity contribution is 6.48. The van der Waals surface area contributed by atoms with E-state index in [1.807, 2.05) is 6.92 Å². The number of rotatable bonds is 6. The maximum absolute atomic E-state index is 12.2. The number of nitrogens with one attached hydrogen (secondary N) is 2. The summed E-state index contributed by atoms with van der Waals surface area (Å²) in [5.74, 6) is 0.490. The SMILES string of the molecule is CC/C(=C/F)COC1=CC(=N)C(=N)C=C1.CCCCN. The fourth-order valence-corrected chi connectivity index (χ4v) is 1.20. The minimum atomic E-state index is 0.106. The molecule has 0 amide bonds. The Kier molecular flexibility index (Phi) is 10.1. The molecule has 0 saturated carbocycles. The number of unbranched alkanes of at least 4 members (excludes halogenated alkanes) is 1. The summed E-state index contributed by atoms with van der Waals surface area (Å²) in [6, 6.07) is 0. The standard InChI is InChI=1S/C11H13FN2O.C4H11N/c1-2-8(6-12)7-15-9-3-4-10(13)11(14)5-9;1-2-3-4-5/h3-6,13-14H,2,7H2,1H3;2-5H2,1H3/b8-6-,13-10?,14-11?;. The second-order valence-corrected chi connectivity index (χ2v) is 4.26. The van der Waals surface area contributed by atoms with E-state index in [-0.39, 0.29) is 18.0 Å². The van der Waals surface area contributed by atoms with Crippen LogP contribution < -0.4 is 5.73 Å². The molecule has 0 aromatic heterocycles. The van der Waals surface area contributed by atoms with Gasteiger partial charge in [-0.05, 0) is 37.1 Å². The number of ether oxygens (including phenoxy) is 1. The van der Waals surface area contributed by atoms with Gasteiger partial charge in [-0.3, -0.25) is 10.8 Å². The van der Waals surface area contributed by atoms with Crippen molar-refractivity contribution < 1.29 is 9.13 Å². The van der Waals surface area contributed by atoms with Crippen molar-refractivity contribution in [2.24, 2.45) is 5.73 Å². The highest BCUT2D eigenvalue weighted by atomic mass is 19.1. The Morgan fingerprint density at radius 1 is 1.30 bits per heavy atom. The lowest BCUT2D eigenvalue weighted by Crippen LogP contribution is -2.11. The average Bonchev–Trinajstić information content (AvgIpc) is 2.45. The first-order valence-corrected chi connectivity index (χ1v) is 6.77. The first-order valence-electron chi connectivity index (χ1n) is 6.77. The predicted molar refractivity (Wildman–Crippen MR) is 82.1 cm³/mol. The third-order valence-electron chi connectivity index (χ3n) is 2.58. The molecular formula is C15H24FN3O. The minimum Gasteiger partial charge on any atom is -0.489 e. The molecule has 5 heteroatoms. The van der Waals surface area contributed by atoms with Gasteiger partial charge in [0.25, 0.3) is 0 Å². The molecule has 1 aliphatic carbocycles. The van der Waals surface area contributed by atoms with E-state index in [4.69, 9.17) is 21.3 Å². The predicted octanol–water partition coefficient (Wildman–Crippen LogP) is 3.50. The summed E-state index contributed by atoms with van der Waals surface area (Å²) < 4.78 is 17.5.